The van der Waals surface area contributed by atoms with Crippen LogP contribution in [0.3, 0.4) is 0 Å². The molecule has 1 spiro atoms. The van der Waals surface area contributed by atoms with Gasteiger partial charge >= 0.3 is 0 Å². The Kier molecular flexibility index (Phi) is 6.89. The predicted octanol–water partition coefficient (Wildman–Crippen LogP) is 2.89. The van der Waals surface area contributed by atoms with Crippen molar-refractivity contribution in [3.05, 3.63) is 35.9 Å². The highest BCUT2D eigenvalue weighted by Gasteiger charge is 2.41. The molecule has 0 aromatic heterocycles. The lowest BCUT2D eigenvalue weighted by Gasteiger charge is -2.47. The number of nitrogens with zero attached hydrogens (tertiary/aromatic N) is 2. The highest BCUT2D eigenvalue weighted by Crippen LogP contribution is 2.40. The van der Waals surface area contributed by atoms with Gasteiger partial charge in [-0.3, -0.25) is 9.59 Å². The van der Waals surface area contributed by atoms with Crippen molar-refractivity contribution in [2.24, 2.45) is 5.41 Å². The van der Waals surface area contributed by atoms with Crippen LogP contribution in [0.5, 0.6) is 0 Å². The van der Waals surface area contributed by atoms with Gasteiger partial charge in [0.1, 0.15) is 0 Å². The van der Waals surface area contributed by atoms with Crippen molar-refractivity contribution < 1.29 is 14.3 Å². The molecule has 148 valence electrons. The third-order valence-electron chi connectivity index (χ3n) is 6.10. The van der Waals surface area contributed by atoms with E-state index in [2.05, 4.69) is 17.0 Å². The Morgan fingerprint density at radius 1 is 1.15 bits per heavy atom. The van der Waals surface area contributed by atoms with Gasteiger partial charge in [0.2, 0.25) is 11.8 Å². The summed E-state index contributed by atoms with van der Waals surface area (Å²) in [6.45, 7) is 6.38. The van der Waals surface area contributed by atoms with Gasteiger partial charge in [-0.05, 0) is 43.6 Å². The maximum atomic E-state index is 12.4. The van der Waals surface area contributed by atoms with Crippen molar-refractivity contribution in [3.8, 4) is 0 Å². The summed E-state index contributed by atoms with van der Waals surface area (Å²) in [6.07, 6.45) is 5.00. The average Bonchev–Trinajstić information content (AvgIpc) is 2.70. The number of amides is 2. The Labute approximate surface area is 162 Å². The second-order valence-corrected chi connectivity index (χ2v) is 7.88. The first kappa shape index (κ1) is 19.9. The van der Waals surface area contributed by atoms with E-state index in [1.807, 2.05) is 30.0 Å². The summed E-state index contributed by atoms with van der Waals surface area (Å²) in [7, 11) is 0. The van der Waals surface area contributed by atoms with Crippen molar-refractivity contribution in [2.75, 3.05) is 39.4 Å². The van der Waals surface area contributed by atoms with Crippen molar-refractivity contribution in [1.82, 2.24) is 9.80 Å². The lowest BCUT2D eigenvalue weighted by molar-refractivity contribution is -0.142. The zero-order valence-electron chi connectivity index (χ0n) is 16.5. The van der Waals surface area contributed by atoms with Crippen molar-refractivity contribution in [1.29, 1.82) is 0 Å². The molecule has 2 fully saturated rings. The summed E-state index contributed by atoms with van der Waals surface area (Å²) in [4.78, 5) is 28.7. The fourth-order valence-corrected chi connectivity index (χ4v) is 4.32. The van der Waals surface area contributed by atoms with Gasteiger partial charge in [-0.1, -0.05) is 30.3 Å². The molecule has 2 aliphatic rings. The van der Waals surface area contributed by atoms with Gasteiger partial charge in [-0.2, -0.15) is 0 Å². The van der Waals surface area contributed by atoms with Crippen molar-refractivity contribution in [3.63, 3.8) is 0 Å². The number of rotatable bonds is 7. The first-order valence-electron chi connectivity index (χ1n) is 10.3. The average molecular weight is 373 g/mol. The zero-order valence-corrected chi connectivity index (χ0v) is 16.5. The molecule has 2 aliphatic heterocycles. The molecule has 0 bridgehead atoms. The number of hydrogen-bond acceptors (Lipinski definition) is 3. The summed E-state index contributed by atoms with van der Waals surface area (Å²) in [5, 5.41) is 0. The Hall–Kier alpha value is -1.88. The second-order valence-electron chi connectivity index (χ2n) is 7.88. The molecule has 0 atom stereocenters. The lowest BCUT2D eigenvalue weighted by atomic mass is 9.72. The van der Waals surface area contributed by atoms with E-state index in [9.17, 15) is 9.59 Å². The van der Waals surface area contributed by atoms with Crippen molar-refractivity contribution in [2.45, 2.75) is 45.4 Å². The fraction of sp³-hybridized carbons (Fsp3) is 0.636. The normalized spacial score (nSPS) is 19.5. The molecule has 0 N–H and O–H groups in total. The molecule has 2 saturated heterocycles. The molecule has 0 unspecified atom stereocenters. The molecule has 2 amide bonds. The molecule has 1 aromatic rings. The molecule has 5 nitrogen and oxygen atoms in total. The minimum atomic E-state index is 0.196. The maximum Gasteiger partial charge on any atom is 0.224 e. The molecule has 0 saturated carbocycles. The van der Waals surface area contributed by atoms with E-state index in [0.717, 1.165) is 51.9 Å². The number of carbonyl (C=O) groups is 2. The van der Waals surface area contributed by atoms with Gasteiger partial charge in [0.15, 0.2) is 0 Å². The van der Waals surface area contributed by atoms with Crippen LogP contribution in [0.25, 0.3) is 0 Å². The SMILES string of the molecule is CCOCCC(=O)N1CCC2(CCC(=O)N(CCc3ccccc3)C2)CC1. The summed E-state index contributed by atoms with van der Waals surface area (Å²) in [5.74, 6) is 0.484. The largest absolute Gasteiger partial charge is 0.381 e. The van der Waals surface area contributed by atoms with E-state index < -0.39 is 0 Å². The van der Waals surface area contributed by atoms with Gasteiger partial charge in [0.25, 0.3) is 0 Å². The molecular formula is C22H32N2O3. The van der Waals surface area contributed by atoms with Crippen LogP contribution in [0.2, 0.25) is 0 Å². The molecular weight excluding hydrogens is 340 g/mol. The maximum absolute atomic E-state index is 12.4. The van der Waals surface area contributed by atoms with Gasteiger partial charge < -0.3 is 14.5 Å². The Morgan fingerprint density at radius 2 is 1.89 bits per heavy atom. The summed E-state index contributed by atoms with van der Waals surface area (Å²) in [5.41, 5.74) is 1.47. The number of hydrogen-bond donors (Lipinski definition) is 0. The van der Waals surface area contributed by atoms with E-state index in [4.69, 9.17) is 4.74 Å². The number of carbonyl (C=O) groups excluding carboxylic acids is 2. The van der Waals surface area contributed by atoms with Crippen LogP contribution in [-0.2, 0) is 20.7 Å². The summed E-state index contributed by atoms with van der Waals surface area (Å²) >= 11 is 0. The monoisotopic (exact) mass is 372 g/mol. The standard InChI is InChI=1S/C22H32N2O3/c1-2-27-17-10-21(26)23-15-12-22(13-16-23)11-8-20(25)24(18-22)14-9-19-6-4-3-5-7-19/h3-7H,2,8-18H2,1H3. The van der Waals surface area contributed by atoms with Crippen LogP contribution in [0, 0.1) is 5.41 Å². The highest BCUT2D eigenvalue weighted by atomic mass is 16.5. The summed E-state index contributed by atoms with van der Waals surface area (Å²) < 4.78 is 5.30. The van der Waals surface area contributed by atoms with Crippen molar-refractivity contribution >= 4 is 11.8 Å². The second kappa shape index (κ2) is 9.36. The number of benzene rings is 1. The van der Waals surface area contributed by atoms with Crippen LogP contribution in [-0.4, -0.2) is 61.0 Å². The molecule has 0 radical (unpaired) electrons. The minimum Gasteiger partial charge on any atom is -0.381 e. The van der Waals surface area contributed by atoms with Gasteiger partial charge in [0.05, 0.1) is 13.0 Å². The number of likely N-dealkylation sites (tertiary alicyclic amines) is 2. The first-order chi connectivity index (χ1) is 13.1. The van der Waals surface area contributed by atoms with Crippen LogP contribution < -0.4 is 0 Å². The van der Waals surface area contributed by atoms with E-state index >= 15 is 0 Å². The summed E-state index contributed by atoms with van der Waals surface area (Å²) in [6, 6.07) is 10.4. The first-order valence-corrected chi connectivity index (χ1v) is 10.3. The third kappa shape index (κ3) is 5.32. The fourth-order valence-electron chi connectivity index (χ4n) is 4.32. The van der Waals surface area contributed by atoms with E-state index in [0.29, 0.717) is 26.1 Å². The van der Waals surface area contributed by atoms with Gasteiger partial charge in [-0.15, -0.1) is 0 Å². The topological polar surface area (TPSA) is 49.9 Å². The van der Waals surface area contributed by atoms with Gasteiger partial charge in [-0.25, -0.2) is 0 Å². The Morgan fingerprint density at radius 3 is 2.59 bits per heavy atom. The third-order valence-corrected chi connectivity index (χ3v) is 6.10. The van der Waals surface area contributed by atoms with Crippen LogP contribution in [0.15, 0.2) is 30.3 Å². The quantitative estimate of drug-likeness (QED) is 0.692. The molecule has 5 heteroatoms. The molecule has 1 aromatic carbocycles. The zero-order chi connectivity index (χ0) is 19.1. The molecule has 27 heavy (non-hydrogen) atoms. The van der Waals surface area contributed by atoms with Crippen LogP contribution in [0.1, 0.15) is 44.6 Å². The number of piperidine rings is 2. The van der Waals surface area contributed by atoms with Crippen LogP contribution in [0.4, 0.5) is 0 Å². The smallest absolute Gasteiger partial charge is 0.224 e. The van der Waals surface area contributed by atoms with E-state index in [1.165, 1.54) is 5.56 Å². The lowest BCUT2D eigenvalue weighted by Crippen LogP contribution is -2.52. The van der Waals surface area contributed by atoms with E-state index in [1.54, 1.807) is 0 Å². The predicted molar refractivity (Wildman–Crippen MR) is 105 cm³/mol. The van der Waals surface area contributed by atoms with Gasteiger partial charge in [0, 0.05) is 39.2 Å². The molecule has 3 rings (SSSR count). The molecule has 2 heterocycles. The Balaban J connectivity index is 1.50. The van der Waals surface area contributed by atoms with Crippen LogP contribution >= 0.6 is 0 Å². The highest BCUT2D eigenvalue weighted by molar-refractivity contribution is 5.77. The minimum absolute atomic E-state index is 0.196. The number of ether oxygens (including phenoxy) is 1. The molecule has 0 aliphatic carbocycles. The van der Waals surface area contributed by atoms with E-state index in [-0.39, 0.29) is 17.2 Å². The Bertz CT molecular complexity index is 624.